The summed E-state index contributed by atoms with van der Waals surface area (Å²) in [6, 6.07) is 18.8. The van der Waals surface area contributed by atoms with Gasteiger partial charge >= 0.3 is 0 Å². The van der Waals surface area contributed by atoms with E-state index in [-0.39, 0.29) is 6.04 Å². The zero-order chi connectivity index (χ0) is 19.8. The van der Waals surface area contributed by atoms with Gasteiger partial charge in [-0.15, -0.1) is 11.8 Å². The molecule has 3 rings (SSSR count). The molecule has 0 aliphatic rings. The SMILES string of the molecule is COc1cc(C(C)NCc2ccc(SC)cc2)ccc1OCc1ccncc1. The third kappa shape index (κ3) is 5.50. The first-order valence-corrected chi connectivity index (χ1v) is 10.5. The van der Waals surface area contributed by atoms with Gasteiger partial charge in [-0.3, -0.25) is 4.98 Å². The number of hydrogen-bond acceptors (Lipinski definition) is 5. The lowest BCUT2D eigenvalue weighted by atomic mass is 10.1. The fraction of sp³-hybridized carbons (Fsp3) is 0.261. The molecule has 0 aliphatic heterocycles. The van der Waals surface area contributed by atoms with Gasteiger partial charge in [0, 0.05) is 29.9 Å². The first-order chi connectivity index (χ1) is 13.7. The van der Waals surface area contributed by atoms with Crippen LogP contribution in [0.5, 0.6) is 11.5 Å². The largest absolute Gasteiger partial charge is 0.493 e. The van der Waals surface area contributed by atoms with Gasteiger partial charge in [0.05, 0.1) is 7.11 Å². The van der Waals surface area contributed by atoms with Crippen LogP contribution in [0.25, 0.3) is 0 Å². The monoisotopic (exact) mass is 394 g/mol. The molecule has 2 aromatic carbocycles. The van der Waals surface area contributed by atoms with Crippen molar-refractivity contribution < 1.29 is 9.47 Å². The van der Waals surface area contributed by atoms with E-state index in [1.54, 1.807) is 31.3 Å². The maximum absolute atomic E-state index is 5.92. The highest BCUT2D eigenvalue weighted by atomic mass is 32.2. The van der Waals surface area contributed by atoms with Crippen LogP contribution in [0.2, 0.25) is 0 Å². The molecule has 1 N–H and O–H groups in total. The van der Waals surface area contributed by atoms with E-state index in [0.717, 1.165) is 29.2 Å². The maximum atomic E-state index is 5.92. The van der Waals surface area contributed by atoms with E-state index in [0.29, 0.717) is 6.61 Å². The lowest BCUT2D eigenvalue weighted by Crippen LogP contribution is -2.18. The molecule has 0 spiro atoms. The molecule has 1 unspecified atom stereocenters. The van der Waals surface area contributed by atoms with Gasteiger partial charge < -0.3 is 14.8 Å². The van der Waals surface area contributed by atoms with Crippen molar-refractivity contribution in [1.29, 1.82) is 0 Å². The highest BCUT2D eigenvalue weighted by Crippen LogP contribution is 2.31. The summed E-state index contributed by atoms with van der Waals surface area (Å²) >= 11 is 1.76. The molecule has 0 amide bonds. The summed E-state index contributed by atoms with van der Waals surface area (Å²) in [6.07, 6.45) is 5.62. The van der Waals surface area contributed by atoms with Gasteiger partial charge in [-0.1, -0.05) is 18.2 Å². The van der Waals surface area contributed by atoms with Gasteiger partial charge in [0.15, 0.2) is 11.5 Å². The van der Waals surface area contributed by atoms with E-state index < -0.39 is 0 Å². The number of rotatable bonds is 9. The Balaban J connectivity index is 1.61. The summed E-state index contributed by atoms with van der Waals surface area (Å²) < 4.78 is 11.5. The van der Waals surface area contributed by atoms with Crippen molar-refractivity contribution in [3.05, 3.63) is 83.7 Å². The molecule has 1 heterocycles. The van der Waals surface area contributed by atoms with E-state index in [1.807, 2.05) is 24.3 Å². The van der Waals surface area contributed by atoms with E-state index in [2.05, 4.69) is 53.8 Å². The highest BCUT2D eigenvalue weighted by molar-refractivity contribution is 7.98. The molecule has 0 bridgehead atoms. The van der Waals surface area contributed by atoms with E-state index in [1.165, 1.54) is 10.5 Å². The van der Waals surface area contributed by atoms with Crippen LogP contribution in [-0.4, -0.2) is 18.3 Å². The quantitative estimate of drug-likeness (QED) is 0.503. The Morgan fingerprint density at radius 3 is 2.39 bits per heavy atom. The Hall–Kier alpha value is -2.50. The molecule has 0 saturated carbocycles. The molecule has 3 aromatic rings. The minimum atomic E-state index is 0.198. The smallest absolute Gasteiger partial charge is 0.161 e. The number of hydrogen-bond donors (Lipinski definition) is 1. The number of benzene rings is 2. The second-order valence-electron chi connectivity index (χ2n) is 6.51. The highest BCUT2D eigenvalue weighted by Gasteiger charge is 2.11. The Morgan fingerprint density at radius 1 is 0.964 bits per heavy atom. The first-order valence-electron chi connectivity index (χ1n) is 9.25. The maximum Gasteiger partial charge on any atom is 0.161 e. The summed E-state index contributed by atoms with van der Waals surface area (Å²) in [5.41, 5.74) is 3.51. The molecular formula is C23H26N2O2S. The lowest BCUT2D eigenvalue weighted by molar-refractivity contribution is 0.284. The molecule has 1 atom stereocenters. The van der Waals surface area contributed by atoms with E-state index >= 15 is 0 Å². The van der Waals surface area contributed by atoms with Crippen molar-refractivity contribution >= 4 is 11.8 Å². The molecule has 28 heavy (non-hydrogen) atoms. The average Bonchev–Trinajstić information content (AvgIpc) is 2.77. The van der Waals surface area contributed by atoms with Crippen LogP contribution in [0.4, 0.5) is 0 Å². The second kappa shape index (κ2) is 10.2. The molecule has 4 nitrogen and oxygen atoms in total. The number of aromatic nitrogens is 1. The van der Waals surface area contributed by atoms with Crippen LogP contribution in [0.1, 0.15) is 29.7 Å². The summed E-state index contributed by atoms with van der Waals surface area (Å²) in [7, 11) is 1.67. The zero-order valence-corrected chi connectivity index (χ0v) is 17.3. The number of ether oxygens (including phenoxy) is 2. The normalized spacial score (nSPS) is 11.8. The molecular weight excluding hydrogens is 368 g/mol. The van der Waals surface area contributed by atoms with Crippen molar-refractivity contribution in [2.75, 3.05) is 13.4 Å². The van der Waals surface area contributed by atoms with Crippen LogP contribution in [0, 0.1) is 0 Å². The molecule has 1 aromatic heterocycles. The van der Waals surface area contributed by atoms with Gasteiger partial charge in [-0.2, -0.15) is 0 Å². The lowest BCUT2D eigenvalue weighted by Gasteiger charge is -2.17. The third-order valence-corrected chi connectivity index (χ3v) is 5.35. The van der Waals surface area contributed by atoms with Crippen molar-refractivity contribution in [1.82, 2.24) is 10.3 Å². The van der Waals surface area contributed by atoms with Crippen molar-refractivity contribution in [2.45, 2.75) is 31.0 Å². The zero-order valence-electron chi connectivity index (χ0n) is 16.5. The van der Waals surface area contributed by atoms with Crippen LogP contribution in [0.3, 0.4) is 0 Å². The number of thioether (sulfide) groups is 1. The minimum Gasteiger partial charge on any atom is -0.493 e. The van der Waals surface area contributed by atoms with Crippen molar-refractivity contribution in [3.8, 4) is 11.5 Å². The fourth-order valence-corrected chi connectivity index (χ4v) is 3.25. The van der Waals surface area contributed by atoms with Gasteiger partial charge in [0.25, 0.3) is 0 Å². The number of methoxy groups -OCH3 is 1. The number of nitrogens with zero attached hydrogens (tertiary/aromatic N) is 1. The van der Waals surface area contributed by atoms with Gasteiger partial charge in [0.1, 0.15) is 6.61 Å². The van der Waals surface area contributed by atoms with Gasteiger partial charge in [-0.05, 0) is 66.3 Å². The summed E-state index contributed by atoms with van der Waals surface area (Å²) in [5.74, 6) is 1.48. The molecule has 146 valence electrons. The first kappa shape index (κ1) is 20.2. The molecule has 0 fully saturated rings. The molecule has 0 radical (unpaired) electrons. The summed E-state index contributed by atoms with van der Waals surface area (Å²) in [5, 5.41) is 3.57. The molecule has 5 heteroatoms. The second-order valence-corrected chi connectivity index (χ2v) is 7.38. The minimum absolute atomic E-state index is 0.198. The predicted molar refractivity (Wildman–Crippen MR) is 115 cm³/mol. The Kier molecular flexibility index (Phi) is 7.34. The van der Waals surface area contributed by atoms with Crippen molar-refractivity contribution in [2.24, 2.45) is 0 Å². The molecule has 0 saturated heterocycles. The third-order valence-electron chi connectivity index (χ3n) is 4.60. The van der Waals surface area contributed by atoms with E-state index in [4.69, 9.17) is 9.47 Å². The summed E-state index contributed by atoms with van der Waals surface area (Å²) in [6.45, 7) is 3.46. The van der Waals surface area contributed by atoms with Crippen LogP contribution < -0.4 is 14.8 Å². The van der Waals surface area contributed by atoms with Gasteiger partial charge in [-0.25, -0.2) is 0 Å². The van der Waals surface area contributed by atoms with Gasteiger partial charge in [0.2, 0.25) is 0 Å². The number of nitrogens with one attached hydrogen (secondary N) is 1. The Labute approximate surface area is 171 Å². The summed E-state index contributed by atoms with van der Waals surface area (Å²) in [4.78, 5) is 5.31. The topological polar surface area (TPSA) is 43.4 Å². The van der Waals surface area contributed by atoms with Crippen LogP contribution >= 0.6 is 11.8 Å². The Morgan fingerprint density at radius 2 is 1.71 bits per heavy atom. The van der Waals surface area contributed by atoms with E-state index in [9.17, 15) is 0 Å². The number of pyridine rings is 1. The fourth-order valence-electron chi connectivity index (χ4n) is 2.85. The average molecular weight is 395 g/mol. The van der Waals surface area contributed by atoms with Crippen LogP contribution in [-0.2, 0) is 13.2 Å². The molecule has 0 aliphatic carbocycles. The predicted octanol–water partition coefficient (Wildman–Crippen LogP) is 5.24. The standard InChI is InChI=1S/C23H26N2O2S/c1-17(25-15-18-4-7-21(28-3)8-5-18)20-6-9-22(23(14-20)26-2)27-16-19-10-12-24-13-11-19/h4-14,17,25H,15-16H2,1-3H3. The Bertz CT molecular complexity index is 870. The van der Waals surface area contributed by atoms with Crippen LogP contribution in [0.15, 0.2) is 71.9 Å². The van der Waals surface area contributed by atoms with Crippen molar-refractivity contribution in [3.63, 3.8) is 0 Å².